The van der Waals surface area contributed by atoms with Crippen molar-refractivity contribution >= 4 is 39.6 Å². The number of aliphatic imine (C=N–C) groups is 1. The maximum Gasteiger partial charge on any atom is 0.414 e. The Morgan fingerprint density at radius 1 is 1.47 bits per heavy atom. The zero-order valence-electron chi connectivity index (χ0n) is 15.9. The Morgan fingerprint density at radius 3 is 3.07 bits per heavy atom. The predicted molar refractivity (Wildman–Crippen MR) is 113 cm³/mol. The number of carbonyl (C=O) groups is 1. The zero-order chi connectivity index (χ0) is 21.1. The predicted octanol–water partition coefficient (Wildman–Crippen LogP) is 3.28. The first-order valence-corrected chi connectivity index (χ1v) is 10.3. The number of amides is 1. The number of cyclic esters (lactones) is 1. The molecule has 1 aliphatic heterocycles. The van der Waals surface area contributed by atoms with Crippen molar-refractivity contribution in [1.29, 1.82) is 5.26 Å². The normalized spacial score (nSPS) is 16.6. The Kier molecular flexibility index (Phi) is 5.54. The van der Waals surface area contributed by atoms with Gasteiger partial charge in [-0.15, -0.1) is 0 Å². The Labute approximate surface area is 176 Å². The molecule has 30 heavy (non-hydrogen) atoms. The lowest BCUT2D eigenvalue weighted by Gasteiger charge is -2.14. The summed E-state index contributed by atoms with van der Waals surface area (Å²) < 4.78 is 21.8. The summed E-state index contributed by atoms with van der Waals surface area (Å²) in [4.78, 5) is 22.1. The first-order chi connectivity index (χ1) is 14.6. The molecule has 2 aromatic heterocycles. The van der Waals surface area contributed by atoms with Crippen molar-refractivity contribution in [2.75, 3.05) is 24.2 Å². The van der Waals surface area contributed by atoms with E-state index in [1.165, 1.54) is 22.7 Å². The number of pyridine rings is 1. The average Bonchev–Trinajstić information content (AvgIpc) is 3.34. The van der Waals surface area contributed by atoms with Gasteiger partial charge in [0, 0.05) is 24.0 Å². The van der Waals surface area contributed by atoms with E-state index < -0.39 is 18.0 Å². The van der Waals surface area contributed by atoms with E-state index in [9.17, 15) is 9.18 Å². The molecule has 0 aliphatic carbocycles. The molecule has 1 saturated heterocycles. The van der Waals surface area contributed by atoms with Gasteiger partial charge in [-0.25, -0.2) is 9.18 Å². The minimum Gasteiger partial charge on any atom is -0.442 e. The number of hydrogen-bond donors (Lipinski definition) is 1. The molecule has 0 bridgehead atoms. The highest BCUT2D eigenvalue weighted by molar-refractivity contribution is 8.13. The number of ether oxygens (including phenoxy) is 1. The van der Waals surface area contributed by atoms with E-state index >= 15 is 0 Å². The second-order valence-electron chi connectivity index (χ2n) is 6.48. The van der Waals surface area contributed by atoms with Crippen LogP contribution in [-0.2, 0) is 4.74 Å². The van der Waals surface area contributed by atoms with Gasteiger partial charge in [-0.3, -0.25) is 20.2 Å². The van der Waals surface area contributed by atoms with Crippen LogP contribution in [0.1, 0.15) is 0 Å². The molecule has 3 heterocycles. The number of amidine groups is 1. The minimum atomic E-state index is -0.558. The van der Waals surface area contributed by atoms with Crippen molar-refractivity contribution in [1.82, 2.24) is 14.9 Å². The van der Waals surface area contributed by atoms with Crippen molar-refractivity contribution in [3.63, 3.8) is 0 Å². The highest BCUT2D eigenvalue weighted by atomic mass is 32.2. The number of halogens is 1. The molecule has 10 heteroatoms. The number of carbonyl (C=O) groups excluding carboxylic acids is 1. The van der Waals surface area contributed by atoms with Gasteiger partial charge < -0.3 is 9.30 Å². The minimum absolute atomic E-state index is 0.205. The first kappa shape index (κ1) is 19.7. The first-order valence-electron chi connectivity index (χ1n) is 9.03. The van der Waals surface area contributed by atoms with E-state index in [0.29, 0.717) is 16.5 Å². The molecule has 1 fully saturated rings. The monoisotopic (exact) mass is 424 g/mol. The smallest absolute Gasteiger partial charge is 0.414 e. The number of fused-ring (bicyclic) bond motifs is 1. The van der Waals surface area contributed by atoms with Crippen molar-refractivity contribution in [3.05, 3.63) is 54.7 Å². The molecule has 1 aliphatic rings. The van der Waals surface area contributed by atoms with Crippen LogP contribution in [0.5, 0.6) is 0 Å². The maximum absolute atomic E-state index is 14.8. The molecular formula is C20H17FN6O2S. The quantitative estimate of drug-likeness (QED) is 0.299. The number of aromatic nitrogens is 2. The third-order valence-corrected chi connectivity index (χ3v) is 5.22. The lowest BCUT2D eigenvalue weighted by atomic mass is 10.2. The summed E-state index contributed by atoms with van der Waals surface area (Å²) in [5.41, 5.74) is 1.53. The summed E-state index contributed by atoms with van der Waals surface area (Å²) in [6.45, 7) is 0.448. The Hall–Kier alpha value is -3.58. The van der Waals surface area contributed by atoms with Crippen LogP contribution in [0.15, 0.2) is 53.9 Å². The molecule has 1 amide bonds. The summed E-state index contributed by atoms with van der Waals surface area (Å²) in [6, 6.07) is 8.33. The fourth-order valence-corrected chi connectivity index (χ4v) is 3.54. The summed E-state index contributed by atoms with van der Waals surface area (Å²) in [6.07, 6.45) is 7.79. The molecule has 4 rings (SSSR count). The van der Waals surface area contributed by atoms with Crippen LogP contribution in [-0.4, -0.2) is 46.3 Å². The number of hydrogen-bond acceptors (Lipinski definition) is 6. The van der Waals surface area contributed by atoms with Gasteiger partial charge in [-0.05, 0) is 36.6 Å². The molecular weight excluding hydrogens is 407 g/mol. The van der Waals surface area contributed by atoms with Crippen LogP contribution in [0.2, 0.25) is 0 Å². The summed E-state index contributed by atoms with van der Waals surface area (Å²) >= 11 is 1.28. The highest BCUT2D eigenvalue weighted by Crippen LogP contribution is 2.27. The van der Waals surface area contributed by atoms with Crippen LogP contribution < -0.4 is 10.2 Å². The molecule has 152 valence electrons. The van der Waals surface area contributed by atoms with Gasteiger partial charge in [0.05, 0.1) is 30.0 Å². The summed E-state index contributed by atoms with van der Waals surface area (Å²) in [7, 11) is 0. The Balaban J connectivity index is 1.51. The van der Waals surface area contributed by atoms with Gasteiger partial charge in [0.15, 0.2) is 11.4 Å². The van der Waals surface area contributed by atoms with E-state index in [4.69, 9.17) is 10.00 Å². The fraction of sp³-hybridized carbons (Fsp3) is 0.200. The number of thioether (sulfide) groups is 1. The Morgan fingerprint density at radius 2 is 2.33 bits per heavy atom. The van der Waals surface area contributed by atoms with Gasteiger partial charge in [-0.2, -0.15) is 5.26 Å². The highest BCUT2D eigenvalue weighted by Gasteiger charge is 2.32. The SMILES string of the molecule is CSC(=NC[C@H]1CN(c2ccc(-n3cc4cccnc4c3)c(F)c2)C(=O)O1)NC#N. The van der Waals surface area contributed by atoms with Crippen LogP contribution in [0.4, 0.5) is 14.9 Å². The third-order valence-electron chi connectivity index (χ3n) is 4.60. The van der Waals surface area contributed by atoms with Crippen LogP contribution in [0.25, 0.3) is 16.6 Å². The number of nitrogens with zero attached hydrogens (tertiary/aromatic N) is 5. The molecule has 0 radical (unpaired) electrons. The van der Waals surface area contributed by atoms with Crippen molar-refractivity contribution in [2.45, 2.75) is 6.10 Å². The van der Waals surface area contributed by atoms with Crippen molar-refractivity contribution in [2.24, 2.45) is 4.99 Å². The lowest BCUT2D eigenvalue weighted by molar-refractivity contribution is 0.145. The Bertz CT molecular complexity index is 1140. The summed E-state index contributed by atoms with van der Waals surface area (Å²) in [5.74, 6) is -0.468. The van der Waals surface area contributed by atoms with Gasteiger partial charge >= 0.3 is 6.09 Å². The number of anilines is 1. The van der Waals surface area contributed by atoms with E-state index in [0.717, 1.165) is 10.9 Å². The molecule has 0 unspecified atom stereocenters. The van der Waals surface area contributed by atoms with E-state index in [-0.39, 0.29) is 13.1 Å². The standard InChI is InChI=1S/C20H17FN6O2S/c1-30-19(25-12-22)24-8-15-10-27(20(28)29-15)14-4-5-18(16(21)7-14)26-9-13-3-2-6-23-17(13)11-26/h2-7,9,11,15H,8,10H2,1H3,(H,24,25)/t15-/m0/s1. The maximum atomic E-state index is 14.8. The number of nitrogens with one attached hydrogen (secondary N) is 1. The molecule has 1 N–H and O–H groups in total. The van der Waals surface area contributed by atoms with Gasteiger partial charge in [0.1, 0.15) is 11.9 Å². The molecule has 8 nitrogen and oxygen atoms in total. The lowest BCUT2D eigenvalue weighted by Crippen LogP contribution is -2.25. The molecule has 1 atom stereocenters. The largest absolute Gasteiger partial charge is 0.442 e. The van der Waals surface area contributed by atoms with Gasteiger partial charge in [-0.1, -0.05) is 11.8 Å². The van der Waals surface area contributed by atoms with E-state index in [2.05, 4.69) is 15.3 Å². The number of nitriles is 1. The average molecular weight is 424 g/mol. The summed E-state index contributed by atoms with van der Waals surface area (Å²) in [5, 5.41) is 12.5. The van der Waals surface area contributed by atoms with Gasteiger partial charge in [0.2, 0.25) is 0 Å². The second-order valence-corrected chi connectivity index (χ2v) is 7.28. The molecule has 0 spiro atoms. The third kappa shape index (κ3) is 3.92. The number of benzene rings is 1. The van der Waals surface area contributed by atoms with Gasteiger partial charge in [0.25, 0.3) is 0 Å². The topological polar surface area (TPSA) is 95.5 Å². The van der Waals surface area contributed by atoms with Crippen molar-refractivity contribution < 1.29 is 13.9 Å². The van der Waals surface area contributed by atoms with Crippen molar-refractivity contribution in [3.8, 4) is 11.9 Å². The van der Waals surface area contributed by atoms with Crippen LogP contribution in [0, 0.1) is 17.3 Å². The molecule has 0 saturated carbocycles. The fourth-order valence-electron chi connectivity index (χ4n) is 3.19. The van der Waals surface area contributed by atoms with Crippen LogP contribution >= 0.6 is 11.8 Å². The molecule has 1 aromatic carbocycles. The van der Waals surface area contributed by atoms with E-state index in [1.807, 2.05) is 12.1 Å². The van der Waals surface area contributed by atoms with Crippen LogP contribution in [0.3, 0.4) is 0 Å². The molecule has 3 aromatic rings. The second kappa shape index (κ2) is 8.42. The number of rotatable bonds is 4. The van der Waals surface area contributed by atoms with E-state index in [1.54, 1.807) is 47.7 Å². The zero-order valence-corrected chi connectivity index (χ0v) is 16.8.